The zero-order valence-electron chi connectivity index (χ0n) is 12.7. The van der Waals surface area contributed by atoms with Crippen molar-refractivity contribution in [3.05, 3.63) is 23.2 Å². The van der Waals surface area contributed by atoms with Gasteiger partial charge in [0, 0.05) is 12.1 Å². The smallest absolute Gasteiger partial charge is 0.310 e. The number of anilines is 1. The normalized spacial score (nSPS) is 16.0. The van der Waals surface area contributed by atoms with Gasteiger partial charge in [-0.15, -0.1) is 0 Å². The molecule has 2 N–H and O–H groups in total. The average Bonchev–Trinajstić information content (AvgIpc) is 2.36. The average molecular weight is 326 g/mol. The molecule has 0 atom stereocenters. The number of hydrogen-bond acceptors (Lipinski definition) is 3. The largest absolute Gasteiger partial charge is 0.489 e. The third-order valence-electron chi connectivity index (χ3n) is 3.84. The van der Waals surface area contributed by atoms with Gasteiger partial charge >= 0.3 is 5.97 Å². The molecule has 6 heteroatoms. The molecule has 120 valence electrons. The molecule has 0 bridgehead atoms. The number of carboxylic acids is 1. The van der Waals surface area contributed by atoms with Crippen LogP contribution in [0.4, 0.5) is 5.69 Å². The molecule has 2 rings (SSSR count). The molecule has 1 amide bonds. The van der Waals surface area contributed by atoms with Crippen molar-refractivity contribution in [3.8, 4) is 5.75 Å². The molecule has 1 aliphatic rings. The summed E-state index contributed by atoms with van der Waals surface area (Å²) in [7, 11) is 0. The Labute approximate surface area is 134 Å². The maximum atomic E-state index is 12.1. The van der Waals surface area contributed by atoms with Crippen LogP contribution in [0.15, 0.2) is 18.2 Å². The highest BCUT2D eigenvalue weighted by Gasteiger charge is 2.45. The quantitative estimate of drug-likeness (QED) is 0.836. The zero-order valence-corrected chi connectivity index (χ0v) is 13.4. The monoisotopic (exact) mass is 325 g/mol. The molecule has 1 fully saturated rings. The molecule has 0 unspecified atom stereocenters. The van der Waals surface area contributed by atoms with Gasteiger partial charge in [0.1, 0.15) is 5.75 Å². The fourth-order valence-electron chi connectivity index (χ4n) is 2.51. The first kappa shape index (κ1) is 16.6. The lowest BCUT2D eigenvalue weighted by molar-refractivity contribution is -0.157. The van der Waals surface area contributed by atoms with E-state index in [1.807, 2.05) is 13.8 Å². The minimum atomic E-state index is -0.896. The number of rotatable bonds is 6. The van der Waals surface area contributed by atoms with E-state index in [1.54, 1.807) is 18.2 Å². The SMILES string of the molecule is CC(C)Oc1ccc(NC(=O)CC2(C(=O)O)CCC2)cc1Cl. The number of amides is 1. The minimum Gasteiger partial charge on any atom is -0.489 e. The Bertz CT molecular complexity index is 582. The van der Waals surface area contributed by atoms with Crippen LogP contribution in [0.3, 0.4) is 0 Å². The number of halogens is 1. The van der Waals surface area contributed by atoms with Crippen LogP contribution in [0.25, 0.3) is 0 Å². The van der Waals surface area contributed by atoms with Gasteiger partial charge in [0.05, 0.1) is 16.5 Å². The summed E-state index contributed by atoms with van der Waals surface area (Å²) in [5.41, 5.74) is -0.361. The highest BCUT2D eigenvalue weighted by atomic mass is 35.5. The standard InChI is InChI=1S/C16H20ClNO4/c1-10(2)22-13-5-4-11(8-12(13)17)18-14(19)9-16(15(20)21)6-3-7-16/h4-5,8,10H,3,6-7,9H2,1-2H3,(H,18,19)(H,20,21). The Kier molecular flexibility index (Phi) is 4.96. The third-order valence-corrected chi connectivity index (χ3v) is 4.14. The summed E-state index contributed by atoms with van der Waals surface area (Å²) in [4.78, 5) is 23.3. The first-order valence-corrected chi connectivity index (χ1v) is 7.70. The number of hydrogen-bond donors (Lipinski definition) is 2. The van der Waals surface area contributed by atoms with Gasteiger partial charge in [-0.1, -0.05) is 18.0 Å². The Balaban J connectivity index is 2.00. The van der Waals surface area contributed by atoms with Crippen molar-refractivity contribution in [1.29, 1.82) is 0 Å². The molecule has 0 saturated heterocycles. The summed E-state index contributed by atoms with van der Waals surface area (Å²) in [6.07, 6.45) is 1.96. The first-order chi connectivity index (χ1) is 10.3. The summed E-state index contributed by atoms with van der Waals surface area (Å²) in [6.45, 7) is 3.80. The van der Waals surface area contributed by atoms with Crippen LogP contribution >= 0.6 is 11.6 Å². The second-order valence-electron chi connectivity index (χ2n) is 5.98. The van der Waals surface area contributed by atoms with Gasteiger partial charge in [-0.3, -0.25) is 9.59 Å². The number of carboxylic acid groups (broad SMARTS) is 1. The molecule has 0 aliphatic heterocycles. The van der Waals surface area contributed by atoms with Gasteiger partial charge in [0.25, 0.3) is 0 Å². The second-order valence-corrected chi connectivity index (χ2v) is 6.38. The Morgan fingerprint density at radius 3 is 2.55 bits per heavy atom. The first-order valence-electron chi connectivity index (χ1n) is 7.32. The molecule has 22 heavy (non-hydrogen) atoms. The van der Waals surface area contributed by atoms with Crippen molar-refractivity contribution in [2.24, 2.45) is 5.41 Å². The molecule has 1 aromatic carbocycles. The molecule has 0 radical (unpaired) electrons. The van der Waals surface area contributed by atoms with Crippen LogP contribution in [-0.4, -0.2) is 23.1 Å². The van der Waals surface area contributed by atoms with E-state index in [0.717, 1.165) is 6.42 Å². The number of carbonyl (C=O) groups excluding carboxylic acids is 1. The van der Waals surface area contributed by atoms with Crippen LogP contribution in [-0.2, 0) is 9.59 Å². The number of ether oxygens (including phenoxy) is 1. The van der Waals surface area contributed by atoms with Gasteiger partial charge in [0.2, 0.25) is 5.91 Å². The van der Waals surface area contributed by atoms with Crippen molar-refractivity contribution in [2.45, 2.75) is 45.6 Å². The van der Waals surface area contributed by atoms with Gasteiger partial charge in [-0.05, 0) is 44.9 Å². The summed E-state index contributed by atoms with van der Waals surface area (Å²) < 4.78 is 5.52. The van der Waals surface area contributed by atoms with Crippen molar-refractivity contribution in [3.63, 3.8) is 0 Å². The molecule has 1 aromatic rings. The lowest BCUT2D eigenvalue weighted by Gasteiger charge is -2.36. The van der Waals surface area contributed by atoms with E-state index in [-0.39, 0.29) is 18.4 Å². The highest BCUT2D eigenvalue weighted by Crippen LogP contribution is 2.44. The summed E-state index contributed by atoms with van der Waals surface area (Å²) in [5.74, 6) is -0.654. The topological polar surface area (TPSA) is 75.6 Å². The Morgan fingerprint density at radius 1 is 1.41 bits per heavy atom. The predicted octanol–water partition coefficient (Wildman–Crippen LogP) is 3.71. The van der Waals surface area contributed by atoms with Crippen molar-refractivity contribution in [2.75, 3.05) is 5.32 Å². The predicted molar refractivity (Wildman–Crippen MR) is 84.4 cm³/mol. The van der Waals surface area contributed by atoms with Gasteiger partial charge in [-0.25, -0.2) is 0 Å². The van der Waals surface area contributed by atoms with E-state index in [4.69, 9.17) is 16.3 Å². The molecular weight excluding hydrogens is 306 g/mol. The number of nitrogens with one attached hydrogen (secondary N) is 1. The molecule has 1 aliphatic carbocycles. The fraction of sp³-hybridized carbons (Fsp3) is 0.500. The van der Waals surface area contributed by atoms with E-state index in [0.29, 0.717) is 29.3 Å². The van der Waals surface area contributed by atoms with Crippen LogP contribution in [0, 0.1) is 5.41 Å². The Morgan fingerprint density at radius 2 is 2.09 bits per heavy atom. The third kappa shape index (κ3) is 3.71. The molecule has 0 heterocycles. The molecule has 5 nitrogen and oxygen atoms in total. The molecule has 0 aromatic heterocycles. The molecule has 1 saturated carbocycles. The van der Waals surface area contributed by atoms with E-state index < -0.39 is 11.4 Å². The Hall–Kier alpha value is -1.75. The zero-order chi connectivity index (χ0) is 16.3. The van der Waals surface area contributed by atoms with Gasteiger partial charge in [0.15, 0.2) is 0 Å². The van der Waals surface area contributed by atoms with Crippen LogP contribution in [0.5, 0.6) is 5.75 Å². The van der Waals surface area contributed by atoms with Gasteiger partial charge < -0.3 is 15.2 Å². The van der Waals surface area contributed by atoms with E-state index in [1.165, 1.54) is 0 Å². The van der Waals surface area contributed by atoms with Crippen molar-refractivity contribution in [1.82, 2.24) is 0 Å². The molecular formula is C16H20ClNO4. The van der Waals surface area contributed by atoms with Gasteiger partial charge in [-0.2, -0.15) is 0 Å². The molecule has 0 spiro atoms. The second kappa shape index (κ2) is 6.57. The fourth-order valence-corrected chi connectivity index (χ4v) is 2.74. The van der Waals surface area contributed by atoms with E-state index in [2.05, 4.69) is 5.32 Å². The number of carbonyl (C=O) groups is 2. The minimum absolute atomic E-state index is 0.00647. The number of aliphatic carboxylic acids is 1. The summed E-state index contributed by atoms with van der Waals surface area (Å²) >= 11 is 6.11. The summed E-state index contributed by atoms with van der Waals surface area (Å²) in [6, 6.07) is 4.98. The lowest BCUT2D eigenvalue weighted by atomic mass is 9.66. The van der Waals surface area contributed by atoms with Crippen LogP contribution < -0.4 is 10.1 Å². The van der Waals surface area contributed by atoms with Crippen LogP contribution in [0.1, 0.15) is 39.5 Å². The summed E-state index contributed by atoms with van der Waals surface area (Å²) in [5, 5.41) is 12.4. The lowest BCUT2D eigenvalue weighted by Crippen LogP contribution is -2.41. The van der Waals surface area contributed by atoms with Crippen molar-refractivity contribution >= 4 is 29.2 Å². The number of benzene rings is 1. The van der Waals surface area contributed by atoms with Crippen LogP contribution in [0.2, 0.25) is 5.02 Å². The van der Waals surface area contributed by atoms with E-state index >= 15 is 0 Å². The highest BCUT2D eigenvalue weighted by molar-refractivity contribution is 6.32. The van der Waals surface area contributed by atoms with Crippen molar-refractivity contribution < 1.29 is 19.4 Å². The maximum Gasteiger partial charge on any atom is 0.310 e. The maximum absolute atomic E-state index is 12.1. The van der Waals surface area contributed by atoms with E-state index in [9.17, 15) is 14.7 Å².